The number of amides is 3. The minimum atomic E-state index is -0.285. The molecule has 2 aliphatic rings. The third kappa shape index (κ3) is 6.27. The van der Waals surface area contributed by atoms with Crippen LogP contribution in [-0.2, 0) is 9.59 Å². The predicted octanol–water partition coefficient (Wildman–Crippen LogP) is 2.01. The van der Waals surface area contributed by atoms with Crippen LogP contribution in [0.3, 0.4) is 0 Å². The van der Waals surface area contributed by atoms with Gasteiger partial charge in [0, 0.05) is 45.1 Å². The van der Waals surface area contributed by atoms with E-state index in [-0.39, 0.29) is 23.8 Å². The molecule has 2 rings (SSSR count). The smallest absolute Gasteiger partial charge is 0.324 e. The van der Waals surface area contributed by atoms with E-state index < -0.39 is 0 Å². The van der Waals surface area contributed by atoms with E-state index in [2.05, 4.69) is 36.3 Å². The molecule has 0 aromatic heterocycles. The summed E-state index contributed by atoms with van der Waals surface area (Å²) < 4.78 is 0. The SMILES string of the molecule is CCCCN(C(=O)NCCN(CC)CC)C(=O)[C@H]1CN[C@@H]2CCC(=O)C[C@H]2C1. The number of rotatable bonds is 9. The Kier molecular flexibility index (Phi) is 9.38. The van der Waals surface area contributed by atoms with Gasteiger partial charge in [-0.3, -0.25) is 14.5 Å². The molecule has 28 heavy (non-hydrogen) atoms. The molecule has 2 fully saturated rings. The number of urea groups is 1. The van der Waals surface area contributed by atoms with Gasteiger partial charge >= 0.3 is 6.03 Å². The lowest BCUT2D eigenvalue weighted by Gasteiger charge is -2.40. The molecule has 0 aromatic carbocycles. The van der Waals surface area contributed by atoms with E-state index in [1.807, 2.05) is 0 Å². The third-order valence-electron chi connectivity index (χ3n) is 6.20. The van der Waals surface area contributed by atoms with E-state index in [4.69, 9.17) is 0 Å². The first kappa shape index (κ1) is 22.8. The van der Waals surface area contributed by atoms with Crippen molar-refractivity contribution in [1.29, 1.82) is 0 Å². The second kappa shape index (κ2) is 11.5. The van der Waals surface area contributed by atoms with Gasteiger partial charge in [-0.2, -0.15) is 0 Å². The number of ketones is 1. The van der Waals surface area contributed by atoms with E-state index in [0.29, 0.717) is 50.7 Å². The summed E-state index contributed by atoms with van der Waals surface area (Å²) in [4.78, 5) is 41.3. The summed E-state index contributed by atoms with van der Waals surface area (Å²) in [6.45, 7) is 10.5. The number of Topliss-reactive ketones (excluding diaryl/α,β-unsaturated/α-hetero) is 1. The number of carbonyl (C=O) groups excluding carboxylic acids is 3. The molecule has 1 heterocycles. The number of fused-ring (bicyclic) bond motifs is 1. The van der Waals surface area contributed by atoms with E-state index >= 15 is 0 Å². The lowest BCUT2D eigenvalue weighted by molar-refractivity contribution is -0.135. The fourth-order valence-electron chi connectivity index (χ4n) is 4.34. The maximum atomic E-state index is 13.1. The molecule has 1 saturated heterocycles. The first-order valence-corrected chi connectivity index (χ1v) is 11.1. The normalized spacial score (nSPS) is 24.7. The zero-order valence-electron chi connectivity index (χ0n) is 17.8. The van der Waals surface area contributed by atoms with Crippen LogP contribution in [0.15, 0.2) is 0 Å². The Morgan fingerprint density at radius 3 is 2.61 bits per heavy atom. The topological polar surface area (TPSA) is 81.8 Å². The van der Waals surface area contributed by atoms with Crippen LogP contribution in [-0.4, -0.2) is 72.8 Å². The van der Waals surface area contributed by atoms with Crippen LogP contribution in [0.4, 0.5) is 4.79 Å². The molecule has 0 spiro atoms. The Labute approximate surface area is 169 Å². The molecule has 3 atom stereocenters. The number of imide groups is 1. The number of carbonyl (C=O) groups is 3. The molecule has 2 N–H and O–H groups in total. The molecule has 3 amide bonds. The molecule has 7 nitrogen and oxygen atoms in total. The molecule has 160 valence electrons. The highest BCUT2D eigenvalue weighted by Crippen LogP contribution is 2.32. The summed E-state index contributed by atoms with van der Waals surface area (Å²) in [5.41, 5.74) is 0. The van der Waals surface area contributed by atoms with Crippen LogP contribution < -0.4 is 10.6 Å². The average Bonchev–Trinajstić information content (AvgIpc) is 2.70. The van der Waals surface area contributed by atoms with Gasteiger partial charge in [-0.15, -0.1) is 0 Å². The van der Waals surface area contributed by atoms with Crippen molar-refractivity contribution in [1.82, 2.24) is 20.4 Å². The molecular weight excluding hydrogens is 356 g/mol. The van der Waals surface area contributed by atoms with Crippen molar-refractivity contribution in [3.63, 3.8) is 0 Å². The molecule has 7 heteroatoms. The minimum Gasteiger partial charge on any atom is -0.336 e. The lowest BCUT2D eigenvalue weighted by atomic mass is 9.75. The Morgan fingerprint density at radius 1 is 1.18 bits per heavy atom. The van der Waals surface area contributed by atoms with Crippen molar-refractivity contribution in [2.45, 2.75) is 65.3 Å². The Bertz CT molecular complexity index is 536. The predicted molar refractivity (Wildman–Crippen MR) is 110 cm³/mol. The molecule has 1 saturated carbocycles. The first-order valence-electron chi connectivity index (χ1n) is 11.1. The fraction of sp³-hybridized carbons (Fsp3) is 0.857. The summed E-state index contributed by atoms with van der Waals surface area (Å²) in [7, 11) is 0. The van der Waals surface area contributed by atoms with Crippen molar-refractivity contribution < 1.29 is 14.4 Å². The van der Waals surface area contributed by atoms with E-state index in [9.17, 15) is 14.4 Å². The van der Waals surface area contributed by atoms with E-state index in [0.717, 1.165) is 38.9 Å². The van der Waals surface area contributed by atoms with Crippen molar-refractivity contribution in [2.24, 2.45) is 11.8 Å². The van der Waals surface area contributed by atoms with Crippen molar-refractivity contribution in [2.75, 3.05) is 39.3 Å². The number of likely N-dealkylation sites (N-methyl/N-ethyl adjacent to an activating group) is 1. The second-order valence-corrected chi connectivity index (χ2v) is 8.09. The molecule has 0 aromatic rings. The van der Waals surface area contributed by atoms with Crippen molar-refractivity contribution >= 4 is 17.7 Å². The number of hydrogen-bond donors (Lipinski definition) is 2. The summed E-state index contributed by atoms with van der Waals surface area (Å²) in [6.07, 6.45) is 4.52. The van der Waals surface area contributed by atoms with Gasteiger partial charge in [-0.1, -0.05) is 27.2 Å². The molecule has 0 radical (unpaired) electrons. The standard InChI is InChI=1S/C21H38N4O3/c1-4-7-11-25(21(28)22-10-12-24(5-2)6-3)20(27)17-13-16-14-18(26)8-9-19(16)23-15-17/h16-17,19,23H,4-15H2,1-3H3,(H,22,28)/t16-,17-,19-/m1/s1. The van der Waals surface area contributed by atoms with Gasteiger partial charge in [0.05, 0.1) is 5.92 Å². The maximum absolute atomic E-state index is 13.1. The first-order chi connectivity index (χ1) is 13.5. The Morgan fingerprint density at radius 2 is 1.93 bits per heavy atom. The fourth-order valence-corrected chi connectivity index (χ4v) is 4.34. The third-order valence-corrected chi connectivity index (χ3v) is 6.20. The quantitative estimate of drug-likeness (QED) is 0.625. The number of piperidine rings is 1. The Hall–Kier alpha value is -1.47. The van der Waals surface area contributed by atoms with Gasteiger partial charge < -0.3 is 15.5 Å². The number of nitrogens with zero attached hydrogens (tertiary/aromatic N) is 2. The van der Waals surface area contributed by atoms with Crippen LogP contribution >= 0.6 is 0 Å². The monoisotopic (exact) mass is 394 g/mol. The maximum Gasteiger partial charge on any atom is 0.324 e. The summed E-state index contributed by atoms with van der Waals surface area (Å²) in [6, 6.07) is 0.0567. The van der Waals surface area contributed by atoms with Crippen LogP contribution in [0.5, 0.6) is 0 Å². The highest BCUT2D eigenvalue weighted by atomic mass is 16.2. The van der Waals surface area contributed by atoms with Crippen LogP contribution in [0.2, 0.25) is 0 Å². The largest absolute Gasteiger partial charge is 0.336 e. The second-order valence-electron chi connectivity index (χ2n) is 8.09. The van der Waals surface area contributed by atoms with Gasteiger partial charge in [0.1, 0.15) is 5.78 Å². The van der Waals surface area contributed by atoms with Gasteiger partial charge in [-0.25, -0.2) is 4.79 Å². The molecular formula is C21H38N4O3. The summed E-state index contributed by atoms with van der Waals surface area (Å²) in [5, 5.41) is 6.38. The number of unbranched alkanes of at least 4 members (excludes halogenated alkanes) is 1. The lowest BCUT2D eigenvalue weighted by Crippen LogP contribution is -2.55. The highest BCUT2D eigenvalue weighted by molar-refractivity contribution is 5.95. The van der Waals surface area contributed by atoms with E-state index in [1.54, 1.807) is 0 Å². The molecule has 0 bridgehead atoms. The van der Waals surface area contributed by atoms with Crippen molar-refractivity contribution in [3.8, 4) is 0 Å². The number of nitrogens with one attached hydrogen (secondary N) is 2. The molecule has 1 aliphatic heterocycles. The van der Waals surface area contributed by atoms with Crippen LogP contribution in [0.1, 0.15) is 59.3 Å². The van der Waals surface area contributed by atoms with Gasteiger partial charge in [0.15, 0.2) is 0 Å². The van der Waals surface area contributed by atoms with Gasteiger partial charge in [0.2, 0.25) is 5.91 Å². The number of hydrogen-bond acceptors (Lipinski definition) is 5. The summed E-state index contributed by atoms with van der Waals surface area (Å²) >= 11 is 0. The molecule has 1 aliphatic carbocycles. The van der Waals surface area contributed by atoms with Gasteiger partial charge in [0.25, 0.3) is 0 Å². The van der Waals surface area contributed by atoms with Crippen molar-refractivity contribution in [3.05, 3.63) is 0 Å². The van der Waals surface area contributed by atoms with E-state index in [1.165, 1.54) is 4.90 Å². The van der Waals surface area contributed by atoms with Gasteiger partial charge in [-0.05, 0) is 38.3 Å². The zero-order valence-corrected chi connectivity index (χ0v) is 17.8. The zero-order chi connectivity index (χ0) is 20.5. The van der Waals surface area contributed by atoms with Crippen LogP contribution in [0.25, 0.3) is 0 Å². The minimum absolute atomic E-state index is 0.0993. The summed E-state index contributed by atoms with van der Waals surface area (Å²) in [5.74, 6) is 0.200. The average molecular weight is 395 g/mol. The van der Waals surface area contributed by atoms with Crippen LogP contribution in [0, 0.1) is 11.8 Å². The Balaban J connectivity index is 1.94. The molecule has 0 unspecified atom stereocenters. The highest BCUT2D eigenvalue weighted by Gasteiger charge is 2.39.